The molecule has 1 fully saturated rings. The van der Waals surface area contributed by atoms with Crippen LogP contribution in [0.15, 0.2) is 0 Å². The van der Waals surface area contributed by atoms with Crippen LogP contribution in [-0.2, 0) is 0 Å². The number of nitrogens with zero attached hydrogens (tertiary/aromatic N) is 2. The molecular weight excluding hydrogens is 210 g/mol. The highest BCUT2D eigenvalue weighted by Crippen LogP contribution is 2.32. The Morgan fingerprint density at radius 2 is 2.06 bits per heavy atom. The maximum absolute atomic E-state index is 9.47. The third kappa shape index (κ3) is 3.69. The molecule has 0 bridgehead atoms. The summed E-state index contributed by atoms with van der Waals surface area (Å²) in [4.78, 5) is 2.39. The molecule has 0 amide bonds. The molecule has 0 aromatic carbocycles. The molecule has 0 radical (unpaired) electrons. The van der Waals surface area contributed by atoms with E-state index < -0.39 is 0 Å². The van der Waals surface area contributed by atoms with Crippen molar-refractivity contribution in [3.05, 3.63) is 0 Å². The van der Waals surface area contributed by atoms with E-state index in [9.17, 15) is 5.26 Å². The van der Waals surface area contributed by atoms with Gasteiger partial charge in [-0.3, -0.25) is 5.32 Å². The van der Waals surface area contributed by atoms with Crippen LogP contribution in [0.3, 0.4) is 0 Å². The lowest BCUT2D eigenvalue weighted by molar-refractivity contribution is 0.199. The molecule has 0 aromatic heterocycles. The first-order chi connectivity index (χ1) is 8.18. The monoisotopic (exact) mass is 237 g/mol. The molecule has 1 rings (SSSR count). The van der Waals surface area contributed by atoms with Crippen LogP contribution in [0.2, 0.25) is 0 Å². The summed E-state index contributed by atoms with van der Waals surface area (Å²) in [6.45, 7) is 10.7. The third-order valence-electron chi connectivity index (χ3n) is 4.26. The molecule has 2 unspecified atom stereocenters. The number of hydrogen-bond acceptors (Lipinski definition) is 3. The Bertz CT molecular complexity index is 255. The third-order valence-corrected chi connectivity index (χ3v) is 4.26. The normalized spacial score (nSPS) is 29.2. The molecule has 1 aliphatic carbocycles. The molecule has 0 aromatic rings. The van der Waals surface area contributed by atoms with Crippen LogP contribution in [0.1, 0.15) is 46.5 Å². The Morgan fingerprint density at radius 3 is 2.59 bits per heavy atom. The molecule has 2 atom stereocenters. The van der Waals surface area contributed by atoms with Crippen molar-refractivity contribution in [2.45, 2.75) is 52.0 Å². The minimum atomic E-state index is -0.259. The fourth-order valence-electron chi connectivity index (χ4n) is 2.79. The van der Waals surface area contributed by atoms with E-state index in [-0.39, 0.29) is 5.54 Å². The lowest BCUT2D eigenvalue weighted by atomic mass is 9.74. The van der Waals surface area contributed by atoms with Crippen LogP contribution in [0.5, 0.6) is 0 Å². The van der Waals surface area contributed by atoms with E-state index in [1.165, 1.54) is 19.3 Å². The maximum Gasteiger partial charge on any atom is 0.109 e. The van der Waals surface area contributed by atoms with Crippen molar-refractivity contribution in [3.8, 4) is 6.07 Å². The van der Waals surface area contributed by atoms with Gasteiger partial charge in [-0.2, -0.15) is 5.26 Å². The summed E-state index contributed by atoms with van der Waals surface area (Å²) in [6, 6.07) is 2.55. The topological polar surface area (TPSA) is 39.1 Å². The van der Waals surface area contributed by atoms with Gasteiger partial charge in [0, 0.05) is 13.1 Å². The predicted octanol–water partition coefficient (Wildman–Crippen LogP) is 2.39. The summed E-state index contributed by atoms with van der Waals surface area (Å²) in [7, 11) is 0. The summed E-state index contributed by atoms with van der Waals surface area (Å²) in [5.74, 6) is 0.484. The van der Waals surface area contributed by atoms with Gasteiger partial charge in [0.2, 0.25) is 0 Å². The molecule has 3 nitrogen and oxygen atoms in total. The van der Waals surface area contributed by atoms with Crippen molar-refractivity contribution in [3.63, 3.8) is 0 Å². The highest BCUT2D eigenvalue weighted by Gasteiger charge is 2.37. The van der Waals surface area contributed by atoms with Crippen molar-refractivity contribution >= 4 is 0 Å². The smallest absolute Gasteiger partial charge is 0.109 e. The van der Waals surface area contributed by atoms with Gasteiger partial charge in [-0.25, -0.2) is 0 Å². The summed E-state index contributed by atoms with van der Waals surface area (Å²) < 4.78 is 0. The van der Waals surface area contributed by atoms with Gasteiger partial charge in [-0.1, -0.05) is 33.6 Å². The Kier molecular flexibility index (Phi) is 5.94. The molecule has 1 saturated carbocycles. The second kappa shape index (κ2) is 6.98. The number of rotatable bonds is 6. The summed E-state index contributed by atoms with van der Waals surface area (Å²) in [5.41, 5.74) is -0.259. The van der Waals surface area contributed by atoms with Gasteiger partial charge in [0.25, 0.3) is 0 Å². The molecule has 17 heavy (non-hydrogen) atoms. The SMILES string of the molecule is CCN(CC)CCNC1(C#N)CCCCC1C. The zero-order valence-electron chi connectivity index (χ0n) is 11.6. The lowest BCUT2D eigenvalue weighted by Crippen LogP contribution is -2.52. The maximum atomic E-state index is 9.47. The molecule has 3 heteroatoms. The molecular formula is C14H27N3. The largest absolute Gasteiger partial charge is 0.303 e. The van der Waals surface area contributed by atoms with E-state index >= 15 is 0 Å². The van der Waals surface area contributed by atoms with Crippen molar-refractivity contribution in [2.75, 3.05) is 26.2 Å². The summed E-state index contributed by atoms with van der Waals surface area (Å²) >= 11 is 0. The second-order valence-electron chi connectivity index (χ2n) is 5.18. The van der Waals surface area contributed by atoms with Gasteiger partial charge in [-0.15, -0.1) is 0 Å². The van der Waals surface area contributed by atoms with Crippen LogP contribution >= 0.6 is 0 Å². The van der Waals surface area contributed by atoms with E-state index in [4.69, 9.17) is 0 Å². The van der Waals surface area contributed by atoms with Crippen molar-refractivity contribution < 1.29 is 0 Å². The van der Waals surface area contributed by atoms with Gasteiger partial charge in [0.15, 0.2) is 0 Å². The van der Waals surface area contributed by atoms with Crippen LogP contribution in [0.4, 0.5) is 0 Å². The van der Waals surface area contributed by atoms with Gasteiger partial charge < -0.3 is 4.90 Å². The Morgan fingerprint density at radius 1 is 1.35 bits per heavy atom. The predicted molar refractivity (Wildman–Crippen MR) is 71.8 cm³/mol. The van der Waals surface area contributed by atoms with Crippen molar-refractivity contribution in [1.29, 1.82) is 5.26 Å². The number of hydrogen-bond donors (Lipinski definition) is 1. The molecule has 1 aliphatic rings. The molecule has 0 aliphatic heterocycles. The highest BCUT2D eigenvalue weighted by molar-refractivity contribution is 5.11. The Balaban J connectivity index is 2.44. The number of likely N-dealkylation sites (N-methyl/N-ethyl adjacent to an activating group) is 1. The minimum absolute atomic E-state index is 0.259. The second-order valence-corrected chi connectivity index (χ2v) is 5.18. The fourth-order valence-corrected chi connectivity index (χ4v) is 2.79. The summed E-state index contributed by atoms with van der Waals surface area (Å²) in [5, 5.41) is 13.0. The first-order valence-electron chi connectivity index (χ1n) is 7.07. The van der Waals surface area contributed by atoms with Gasteiger partial charge in [0.1, 0.15) is 5.54 Å². The zero-order chi connectivity index (χ0) is 12.7. The minimum Gasteiger partial charge on any atom is -0.303 e. The first kappa shape index (κ1) is 14.5. The quantitative estimate of drug-likeness (QED) is 0.771. The molecule has 0 saturated heterocycles. The Labute approximate surface area is 106 Å². The van der Waals surface area contributed by atoms with Crippen LogP contribution in [0.25, 0.3) is 0 Å². The average molecular weight is 237 g/mol. The van der Waals surface area contributed by atoms with Gasteiger partial charge in [-0.05, 0) is 31.8 Å². The van der Waals surface area contributed by atoms with E-state index in [0.717, 1.165) is 32.6 Å². The van der Waals surface area contributed by atoms with Gasteiger partial charge in [0.05, 0.1) is 6.07 Å². The zero-order valence-corrected chi connectivity index (χ0v) is 11.6. The van der Waals surface area contributed by atoms with Crippen LogP contribution in [0, 0.1) is 17.2 Å². The van der Waals surface area contributed by atoms with Crippen LogP contribution in [-0.4, -0.2) is 36.6 Å². The average Bonchev–Trinajstić information content (AvgIpc) is 2.37. The molecule has 98 valence electrons. The highest BCUT2D eigenvalue weighted by atomic mass is 15.1. The first-order valence-corrected chi connectivity index (χ1v) is 7.07. The fraction of sp³-hybridized carbons (Fsp3) is 0.929. The van der Waals surface area contributed by atoms with E-state index in [1.807, 2.05) is 0 Å². The molecule has 0 spiro atoms. The molecule has 1 N–H and O–H groups in total. The van der Waals surface area contributed by atoms with E-state index in [0.29, 0.717) is 5.92 Å². The van der Waals surface area contributed by atoms with E-state index in [2.05, 4.69) is 37.1 Å². The number of nitriles is 1. The lowest BCUT2D eigenvalue weighted by Gasteiger charge is -2.38. The summed E-state index contributed by atoms with van der Waals surface area (Å²) in [6.07, 6.45) is 4.67. The van der Waals surface area contributed by atoms with Crippen molar-refractivity contribution in [2.24, 2.45) is 5.92 Å². The number of nitrogens with one attached hydrogen (secondary N) is 1. The van der Waals surface area contributed by atoms with Crippen molar-refractivity contribution in [1.82, 2.24) is 10.2 Å². The molecule has 0 heterocycles. The van der Waals surface area contributed by atoms with Crippen LogP contribution < -0.4 is 5.32 Å². The Hall–Kier alpha value is -0.590. The van der Waals surface area contributed by atoms with Gasteiger partial charge >= 0.3 is 0 Å². The van der Waals surface area contributed by atoms with E-state index in [1.54, 1.807) is 0 Å². The standard InChI is InChI=1S/C14H27N3/c1-4-17(5-2)11-10-16-14(12-15)9-7-6-8-13(14)3/h13,16H,4-11H2,1-3H3.